The molecule has 0 fully saturated rings. The van der Waals surface area contributed by atoms with Crippen LogP contribution in [-0.2, 0) is 11.3 Å². The van der Waals surface area contributed by atoms with Gasteiger partial charge in [0.25, 0.3) is 0 Å². The number of halogens is 1. The monoisotopic (exact) mass is 416 g/mol. The van der Waals surface area contributed by atoms with E-state index in [1.165, 1.54) is 11.1 Å². The second-order valence-electron chi connectivity index (χ2n) is 6.10. The van der Waals surface area contributed by atoms with Crippen LogP contribution >= 0.6 is 15.9 Å². The second kappa shape index (κ2) is 9.97. The zero-order chi connectivity index (χ0) is 18.9. The lowest BCUT2D eigenvalue weighted by Gasteiger charge is -2.13. The quantitative estimate of drug-likeness (QED) is 0.496. The van der Waals surface area contributed by atoms with Gasteiger partial charge in [0.15, 0.2) is 5.96 Å². The van der Waals surface area contributed by atoms with Crippen LogP contribution in [0.4, 0.5) is 5.69 Å². The van der Waals surface area contributed by atoms with Crippen LogP contribution in [0.1, 0.15) is 23.1 Å². The van der Waals surface area contributed by atoms with Crippen LogP contribution in [0.25, 0.3) is 0 Å². The molecular weight excluding hydrogens is 392 g/mol. The number of amides is 1. The molecule has 0 saturated carbocycles. The van der Waals surface area contributed by atoms with Crippen molar-refractivity contribution in [2.45, 2.75) is 26.8 Å². The van der Waals surface area contributed by atoms with Gasteiger partial charge in [0.2, 0.25) is 5.91 Å². The number of rotatable bonds is 6. The highest BCUT2D eigenvalue weighted by Gasteiger charge is 2.06. The summed E-state index contributed by atoms with van der Waals surface area (Å²) in [7, 11) is 1.72. The predicted molar refractivity (Wildman–Crippen MR) is 112 cm³/mol. The first-order valence-corrected chi connectivity index (χ1v) is 9.33. The Kier molecular flexibility index (Phi) is 7.66. The summed E-state index contributed by atoms with van der Waals surface area (Å²) in [6.07, 6.45) is 0.362. The number of nitrogens with zero attached hydrogens (tertiary/aromatic N) is 1. The molecule has 3 N–H and O–H groups in total. The van der Waals surface area contributed by atoms with E-state index in [4.69, 9.17) is 0 Å². The summed E-state index contributed by atoms with van der Waals surface area (Å²) in [5, 5.41) is 9.35. The SMILES string of the molecule is CN=C(NCCC(=O)Nc1ccc(Br)cc1C)NCc1cccc(C)c1. The number of carbonyl (C=O) groups is 1. The Labute approximate surface area is 163 Å². The lowest BCUT2D eigenvalue weighted by atomic mass is 10.1. The Bertz CT molecular complexity index is 789. The number of aliphatic imine (C=N–C) groups is 1. The minimum atomic E-state index is -0.0305. The molecule has 2 aromatic carbocycles. The van der Waals surface area contributed by atoms with Crippen LogP contribution in [-0.4, -0.2) is 25.5 Å². The van der Waals surface area contributed by atoms with Gasteiger partial charge in [0.05, 0.1) is 0 Å². The Morgan fingerprint density at radius 3 is 2.62 bits per heavy atom. The Morgan fingerprint density at radius 1 is 1.12 bits per heavy atom. The molecule has 26 heavy (non-hydrogen) atoms. The number of hydrogen-bond donors (Lipinski definition) is 3. The van der Waals surface area contributed by atoms with Crippen molar-refractivity contribution in [1.82, 2.24) is 10.6 Å². The van der Waals surface area contributed by atoms with E-state index in [9.17, 15) is 4.79 Å². The van der Waals surface area contributed by atoms with Crippen molar-refractivity contribution in [2.24, 2.45) is 4.99 Å². The molecule has 0 aliphatic carbocycles. The summed E-state index contributed by atoms with van der Waals surface area (Å²) in [4.78, 5) is 16.3. The van der Waals surface area contributed by atoms with Gasteiger partial charge in [0, 0.05) is 36.7 Å². The number of hydrogen-bond acceptors (Lipinski definition) is 2. The van der Waals surface area contributed by atoms with Gasteiger partial charge in [-0.3, -0.25) is 9.79 Å². The second-order valence-corrected chi connectivity index (χ2v) is 7.01. The summed E-state index contributed by atoms with van der Waals surface area (Å²) < 4.78 is 0.998. The maximum Gasteiger partial charge on any atom is 0.226 e. The summed E-state index contributed by atoms with van der Waals surface area (Å²) in [5.74, 6) is 0.649. The van der Waals surface area contributed by atoms with Gasteiger partial charge in [0.1, 0.15) is 0 Å². The maximum atomic E-state index is 12.1. The molecule has 2 aromatic rings. The molecule has 0 aliphatic heterocycles. The molecule has 2 rings (SSSR count). The van der Waals surface area contributed by atoms with E-state index in [-0.39, 0.29) is 5.91 Å². The molecule has 0 spiro atoms. The molecule has 0 radical (unpaired) electrons. The van der Waals surface area contributed by atoms with Gasteiger partial charge in [-0.2, -0.15) is 0 Å². The highest BCUT2D eigenvalue weighted by Crippen LogP contribution is 2.20. The van der Waals surface area contributed by atoms with Crippen molar-refractivity contribution in [2.75, 3.05) is 18.9 Å². The van der Waals surface area contributed by atoms with E-state index in [1.807, 2.05) is 31.2 Å². The number of aryl methyl sites for hydroxylation is 2. The smallest absolute Gasteiger partial charge is 0.226 e. The fourth-order valence-electron chi connectivity index (χ4n) is 2.50. The first-order chi connectivity index (χ1) is 12.5. The van der Waals surface area contributed by atoms with Gasteiger partial charge in [-0.05, 0) is 43.2 Å². The molecule has 0 bridgehead atoms. The van der Waals surface area contributed by atoms with E-state index in [1.54, 1.807) is 7.05 Å². The molecule has 6 heteroatoms. The average Bonchev–Trinajstić information content (AvgIpc) is 2.60. The van der Waals surface area contributed by atoms with Crippen LogP contribution in [0, 0.1) is 13.8 Å². The van der Waals surface area contributed by atoms with E-state index < -0.39 is 0 Å². The summed E-state index contributed by atoms with van der Waals surface area (Å²) in [6, 6.07) is 14.1. The molecule has 0 atom stereocenters. The maximum absolute atomic E-state index is 12.1. The standard InChI is InChI=1S/C20H25BrN4O/c1-14-5-4-6-16(11-14)13-24-20(22-3)23-10-9-19(26)25-18-8-7-17(21)12-15(18)2/h4-8,11-12H,9-10,13H2,1-3H3,(H,25,26)(H2,22,23,24). The molecule has 0 aliphatic rings. The molecule has 0 saturated heterocycles. The minimum absolute atomic E-state index is 0.0305. The Morgan fingerprint density at radius 2 is 1.92 bits per heavy atom. The van der Waals surface area contributed by atoms with Crippen molar-refractivity contribution in [3.63, 3.8) is 0 Å². The molecule has 5 nitrogen and oxygen atoms in total. The van der Waals surface area contributed by atoms with E-state index in [0.717, 1.165) is 15.7 Å². The highest BCUT2D eigenvalue weighted by atomic mass is 79.9. The Balaban J connectivity index is 1.75. The number of benzene rings is 2. The Hall–Kier alpha value is -2.34. The summed E-state index contributed by atoms with van der Waals surface area (Å²) in [6.45, 7) is 5.23. The summed E-state index contributed by atoms with van der Waals surface area (Å²) >= 11 is 3.42. The van der Waals surface area contributed by atoms with Gasteiger partial charge in [-0.25, -0.2) is 0 Å². The molecule has 0 aromatic heterocycles. The number of nitrogens with one attached hydrogen (secondary N) is 3. The van der Waals surface area contributed by atoms with Crippen molar-refractivity contribution < 1.29 is 4.79 Å². The highest BCUT2D eigenvalue weighted by molar-refractivity contribution is 9.10. The van der Waals surface area contributed by atoms with Crippen molar-refractivity contribution in [1.29, 1.82) is 0 Å². The lowest BCUT2D eigenvalue weighted by Crippen LogP contribution is -2.38. The van der Waals surface area contributed by atoms with Gasteiger partial charge >= 0.3 is 0 Å². The van der Waals surface area contributed by atoms with E-state index in [2.05, 4.69) is 62.0 Å². The molecule has 0 heterocycles. The van der Waals surface area contributed by atoms with Crippen LogP contribution in [0.3, 0.4) is 0 Å². The normalized spacial score (nSPS) is 11.2. The average molecular weight is 417 g/mol. The third-order valence-electron chi connectivity index (χ3n) is 3.87. The first-order valence-electron chi connectivity index (χ1n) is 8.54. The molecule has 0 unspecified atom stereocenters. The third kappa shape index (κ3) is 6.52. The third-order valence-corrected chi connectivity index (χ3v) is 4.37. The van der Waals surface area contributed by atoms with Gasteiger partial charge < -0.3 is 16.0 Å². The molecular formula is C20H25BrN4O. The zero-order valence-electron chi connectivity index (χ0n) is 15.4. The van der Waals surface area contributed by atoms with Crippen LogP contribution in [0.15, 0.2) is 51.9 Å². The van der Waals surface area contributed by atoms with E-state index >= 15 is 0 Å². The van der Waals surface area contributed by atoms with Crippen molar-refractivity contribution in [3.05, 3.63) is 63.6 Å². The first kappa shape index (κ1) is 20.0. The van der Waals surface area contributed by atoms with Gasteiger partial charge in [-0.15, -0.1) is 0 Å². The van der Waals surface area contributed by atoms with Crippen molar-refractivity contribution in [3.8, 4) is 0 Å². The predicted octanol–water partition coefficient (Wildman–Crippen LogP) is 3.76. The topological polar surface area (TPSA) is 65.5 Å². The number of carbonyl (C=O) groups excluding carboxylic acids is 1. The lowest BCUT2D eigenvalue weighted by molar-refractivity contribution is -0.116. The van der Waals surface area contributed by atoms with E-state index in [0.29, 0.717) is 25.5 Å². The number of guanidine groups is 1. The largest absolute Gasteiger partial charge is 0.356 e. The van der Waals surface area contributed by atoms with Crippen LogP contribution in [0.2, 0.25) is 0 Å². The molecule has 138 valence electrons. The summed E-state index contributed by atoms with van der Waals surface area (Å²) in [5.41, 5.74) is 4.28. The van der Waals surface area contributed by atoms with Crippen LogP contribution in [0.5, 0.6) is 0 Å². The minimum Gasteiger partial charge on any atom is -0.356 e. The number of anilines is 1. The van der Waals surface area contributed by atoms with Crippen LogP contribution < -0.4 is 16.0 Å². The fraction of sp³-hybridized carbons (Fsp3) is 0.300. The zero-order valence-corrected chi connectivity index (χ0v) is 17.0. The molecule has 1 amide bonds. The van der Waals surface area contributed by atoms with Gasteiger partial charge in [-0.1, -0.05) is 45.8 Å². The van der Waals surface area contributed by atoms with Crippen molar-refractivity contribution >= 4 is 33.5 Å². The fourth-order valence-corrected chi connectivity index (χ4v) is 2.98.